The average molecular weight is 399 g/mol. The molecule has 3 rings (SSSR count). The monoisotopic (exact) mass is 398 g/mol. The highest BCUT2D eigenvalue weighted by molar-refractivity contribution is 5.39. The molecular formula is C27H36F2. The summed E-state index contributed by atoms with van der Waals surface area (Å²) in [5.41, 5.74) is 0.664. The van der Waals surface area contributed by atoms with Crippen LogP contribution < -0.4 is 0 Å². The van der Waals surface area contributed by atoms with Crippen molar-refractivity contribution in [2.24, 2.45) is 23.7 Å². The highest BCUT2D eigenvalue weighted by Gasteiger charge is 2.30. The predicted molar refractivity (Wildman–Crippen MR) is 118 cm³/mol. The summed E-state index contributed by atoms with van der Waals surface area (Å²) >= 11 is 0. The van der Waals surface area contributed by atoms with Crippen molar-refractivity contribution in [2.45, 2.75) is 84.0 Å². The average Bonchev–Trinajstić information content (AvgIpc) is 2.73. The van der Waals surface area contributed by atoms with Gasteiger partial charge in [-0.3, -0.25) is 0 Å². The van der Waals surface area contributed by atoms with E-state index in [-0.39, 0.29) is 11.5 Å². The van der Waals surface area contributed by atoms with Gasteiger partial charge < -0.3 is 0 Å². The minimum atomic E-state index is -0.511. The van der Waals surface area contributed by atoms with Crippen LogP contribution in [0.4, 0.5) is 8.78 Å². The Kier molecular flexibility index (Phi) is 8.34. The number of hydrogen-bond donors (Lipinski definition) is 0. The molecule has 2 heteroatoms. The van der Waals surface area contributed by atoms with Crippen molar-refractivity contribution in [3.05, 3.63) is 47.5 Å². The summed E-state index contributed by atoms with van der Waals surface area (Å²) in [6, 6.07) is 2.89. The molecule has 0 spiro atoms. The summed E-state index contributed by atoms with van der Waals surface area (Å²) in [5, 5.41) is 0. The van der Waals surface area contributed by atoms with Crippen molar-refractivity contribution in [2.75, 3.05) is 0 Å². The number of rotatable bonds is 6. The number of aryl methyl sites for hydroxylation is 1. The Morgan fingerprint density at radius 1 is 0.966 bits per heavy atom. The Labute approximate surface area is 176 Å². The van der Waals surface area contributed by atoms with Crippen LogP contribution in [0.5, 0.6) is 0 Å². The van der Waals surface area contributed by atoms with Crippen molar-refractivity contribution in [1.29, 1.82) is 0 Å². The highest BCUT2D eigenvalue weighted by Crippen LogP contribution is 2.42. The van der Waals surface area contributed by atoms with E-state index in [1.54, 1.807) is 0 Å². The molecule has 2 saturated carbocycles. The molecule has 0 saturated heterocycles. The van der Waals surface area contributed by atoms with Crippen LogP contribution in [0, 0.1) is 47.1 Å². The highest BCUT2D eigenvalue weighted by atomic mass is 19.1. The van der Waals surface area contributed by atoms with Crippen LogP contribution in [0.2, 0.25) is 0 Å². The summed E-state index contributed by atoms with van der Waals surface area (Å²) in [7, 11) is 0. The van der Waals surface area contributed by atoms with Gasteiger partial charge in [0.05, 0.1) is 5.56 Å². The van der Waals surface area contributed by atoms with Crippen LogP contribution in [0.3, 0.4) is 0 Å². The summed E-state index contributed by atoms with van der Waals surface area (Å²) in [4.78, 5) is 0. The SMILES string of the molecule is C=CCCC1CCC(C2CCC(C#Cc3c(F)cc(CCC)cc3F)CC2)CC1. The van der Waals surface area contributed by atoms with Gasteiger partial charge in [0, 0.05) is 5.92 Å². The van der Waals surface area contributed by atoms with Gasteiger partial charge in [0.1, 0.15) is 11.6 Å². The number of benzene rings is 1. The molecule has 2 fully saturated rings. The number of halogens is 2. The molecule has 2 aliphatic rings. The zero-order chi connectivity index (χ0) is 20.6. The molecule has 1 aromatic carbocycles. The first kappa shape index (κ1) is 22.1. The van der Waals surface area contributed by atoms with Gasteiger partial charge >= 0.3 is 0 Å². The van der Waals surface area contributed by atoms with Crippen LogP contribution in [0.25, 0.3) is 0 Å². The molecule has 0 bridgehead atoms. The van der Waals surface area contributed by atoms with Crippen molar-refractivity contribution in [3.63, 3.8) is 0 Å². The first-order valence-electron chi connectivity index (χ1n) is 11.7. The Morgan fingerprint density at radius 2 is 1.55 bits per heavy atom. The van der Waals surface area contributed by atoms with E-state index >= 15 is 0 Å². The lowest BCUT2D eigenvalue weighted by atomic mass is 9.69. The van der Waals surface area contributed by atoms with Gasteiger partial charge in [0.15, 0.2) is 0 Å². The standard InChI is InChI=1S/C27H36F2/c1-3-5-7-20-8-13-23(14-9-20)24-15-10-21(11-16-24)12-17-25-26(28)18-22(6-4-2)19-27(25)29/h3,18-21,23-24H,1,4-11,13-16H2,2H3. The molecule has 158 valence electrons. The molecule has 0 N–H and O–H groups in total. The van der Waals surface area contributed by atoms with E-state index in [4.69, 9.17) is 0 Å². The molecule has 0 amide bonds. The molecule has 1 aromatic rings. The summed E-state index contributed by atoms with van der Waals surface area (Å²) in [5.74, 6) is 7.89. The first-order valence-corrected chi connectivity index (χ1v) is 11.7. The fourth-order valence-corrected chi connectivity index (χ4v) is 5.39. The zero-order valence-electron chi connectivity index (χ0n) is 18.0. The molecule has 0 aromatic heterocycles. The van der Waals surface area contributed by atoms with E-state index in [1.165, 1.54) is 57.1 Å². The zero-order valence-corrected chi connectivity index (χ0v) is 18.0. The molecule has 0 atom stereocenters. The minimum Gasteiger partial charge on any atom is -0.206 e. The second-order valence-electron chi connectivity index (χ2n) is 9.21. The van der Waals surface area contributed by atoms with Gasteiger partial charge in [-0.15, -0.1) is 6.58 Å². The fourth-order valence-electron chi connectivity index (χ4n) is 5.39. The van der Waals surface area contributed by atoms with E-state index in [2.05, 4.69) is 18.4 Å². The van der Waals surface area contributed by atoms with Gasteiger partial charge in [-0.25, -0.2) is 8.78 Å². The number of hydrogen-bond acceptors (Lipinski definition) is 0. The normalized spacial score (nSPS) is 27.1. The maximum Gasteiger partial charge on any atom is 0.142 e. The van der Waals surface area contributed by atoms with E-state index in [9.17, 15) is 8.78 Å². The van der Waals surface area contributed by atoms with Crippen molar-refractivity contribution in [1.82, 2.24) is 0 Å². The van der Waals surface area contributed by atoms with E-state index < -0.39 is 11.6 Å². The molecule has 0 unspecified atom stereocenters. The van der Waals surface area contributed by atoms with E-state index in [0.29, 0.717) is 12.0 Å². The quantitative estimate of drug-likeness (QED) is 0.338. The van der Waals surface area contributed by atoms with Gasteiger partial charge in [0.25, 0.3) is 0 Å². The van der Waals surface area contributed by atoms with Crippen LogP contribution in [0.1, 0.15) is 88.7 Å². The van der Waals surface area contributed by atoms with Crippen molar-refractivity contribution in [3.8, 4) is 11.8 Å². The second kappa shape index (κ2) is 11.0. The third-order valence-electron chi connectivity index (χ3n) is 7.15. The van der Waals surface area contributed by atoms with E-state index in [1.807, 2.05) is 13.0 Å². The predicted octanol–water partition coefficient (Wildman–Crippen LogP) is 7.85. The summed E-state index contributed by atoms with van der Waals surface area (Å²) in [6.45, 7) is 5.85. The van der Waals surface area contributed by atoms with Gasteiger partial charge in [-0.05, 0) is 93.2 Å². The van der Waals surface area contributed by atoms with Crippen LogP contribution in [-0.2, 0) is 6.42 Å². The second-order valence-corrected chi connectivity index (χ2v) is 9.21. The van der Waals surface area contributed by atoms with E-state index in [0.717, 1.165) is 43.4 Å². The molecule has 29 heavy (non-hydrogen) atoms. The first-order chi connectivity index (χ1) is 14.1. The Morgan fingerprint density at radius 3 is 2.10 bits per heavy atom. The minimum absolute atomic E-state index is 0.0511. The third-order valence-corrected chi connectivity index (χ3v) is 7.15. The largest absolute Gasteiger partial charge is 0.206 e. The van der Waals surface area contributed by atoms with Gasteiger partial charge in [-0.1, -0.05) is 44.1 Å². The lowest BCUT2D eigenvalue weighted by Gasteiger charge is -2.37. The third kappa shape index (κ3) is 6.18. The lowest BCUT2D eigenvalue weighted by Crippen LogP contribution is -2.25. The topological polar surface area (TPSA) is 0 Å². The van der Waals surface area contributed by atoms with Crippen LogP contribution >= 0.6 is 0 Å². The van der Waals surface area contributed by atoms with Crippen LogP contribution in [-0.4, -0.2) is 0 Å². The fraction of sp³-hybridized carbons (Fsp3) is 0.630. The molecule has 2 aliphatic carbocycles. The Balaban J connectivity index is 1.49. The smallest absolute Gasteiger partial charge is 0.142 e. The maximum atomic E-state index is 14.3. The molecule has 0 nitrogen and oxygen atoms in total. The molecule has 0 aliphatic heterocycles. The van der Waals surface area contributed by atoms with Gasteiger partial charge in [0.2, 0.25) is 0 Å². The maximum absolute atomic E-state index is 14.3. The van der Waals surface area contributed by atoms with Crippen molar-refractivity contribution >= 4 is 0 Å². The molecule has 0 heterocycles. The Bertz CT molecular complexity index is 700. The lowest BCUT2D eigenvalue weighted by molar-refractivity contribution is 0.154. The Hall–Kier alpha value is -1.62. The number of allylic oxidation sites excluding steroid dienone is 1. The summed E-state index contributed by atoms with van der Waals surface area (Å²) < 4.78 is 28.5. The van der Waals surface area contributed by atoms with Crippen molar-refractivity contribution < 1.29 is 8.78 Å². The molecule has 0 radical (unpaired) electrons. The van der Waals surface area contributed by atoms with Gasteiger partial charge in [-0.2, -0.15) is 0 Å². The molecular weight excluding hydrogens is 362 g/mol. The summed E-state index contributed by atoms with van der Waals surface area (Å²) in [6.07, 6.45) is 16.2. The van der Waals surface area contributed by atoms with Crippen LogP contribution in [0.15, 0.2) is 24.8 Å².